The van der Waals surface area contributed by atoms with E-state index in [0.717, 1.165) is 6.26 Å². The molecule has 0 saturated carbocycles. The van der Waals surface area contributed by atoms with Crippen LogP contribution < -0.4 is 4.74 Å². The lowest BCUT2D eigenvalue weighted by atomic mass is 9.90. The molecule has 16 heavy (non-hydrogen) atoms. The molecule has 0 radical (unpaired) electrons. The number of hydrogen-bond donors (Lipinski definition) is 2. The average molecular weight is 220 g/mol. The molecule has 1 atom stereocenters. The molecule has 0 amide bonds. The van der Waals surface area contributed by atoms with Crippen LogP contribution in [-0.2, 0) is 9.59 Å². The highest BCUT2D eigenvalue weighted by molar-refractivity contribution is 5.97. The van der Waals surface area contributed by atoms with Gasteiger partial charge in [0.05, 0.1) is 5.57 Å². The monoisotopic (exact) mass is 220 g/mol. The van der Waals surface area contributed by atoms with Gasteiger partial charge < -0.3 is 14.9 Å². The second-order valence-electron chi connectivity index (χ2n) is 3.31. The predicted octanol–water partition coefficient (Wildman–Crippen LogP) is 1.22. The van der Waals surface area contributed by atoms with Gasteiger partial charge in [-0.2, -0.15) is 0 Å². The van der Waals surface area contributed by atoms with Crippen molar-refractivity contribution in [2.45, 2.75) is 5.92 Å². The summed E-state index contributed by atoms with van der Waals surface area (Å²) in [6.45, 7) is 0. The Morgan fingerprint density at radius 2 is 1.88 bits per heavy atom. The van der Waals surface area contributed by atoms with Crippen molar-refractivity contribution >= 4 is 11.9 Å². The summed E-state index contributed by atoms with van der Waals surface area (Å²) in [5.41, 5.74) is 0.0844. The Hall–Kier alpha value is -2.30. The highest BCUT2D eigenvalue weighted by Gasteiger charge is 2.34. The first kappa shape index (κ1) is 10.2. The molecule has 2 rings (SSSR count). The van der Waals surface area contributed by atoms with Crippen LogP contribution in [0, 0.1) is 0 Å². The van der Waals surface area contributed by atoms with Gasteiger partial charge >= 0.3 is 11.9 Å². The molecule has 1 heterocycles. The van der Waals surface area contributed by atoms with Gasteiger partial charge in [0, 0.05) is 5.56 Å². The molecule has 5 heteroatoms. The van der Waals surface area contributed by atoms with Crippen LogP contribution in [0.1, 0.15) is 11.5 Å². The average Bonchev–Trinajstić information content (AvgIpc) is 2.27. The van der Waals surface area contributed by atoms with E-state index in [1.54, 1.807) is 24.3 Å². The highest BCUT2D eigenvalue weighted by Crippen LogP contribution is 2.36. The third-order valence-corrected chi connectivity index (χ3v) is 2.35. The van der Waals surface area contributed by atoms with E-state index in [2.05, 4.69) is 0 Å². The molecule has 0 fully saturated rings. The number of benzene rings is 1. The van der Waals surface area contributed by atoms with E-state index in [0.29, 0.717) is 11.3 Å². The van der Waals surface area contributed by atoms with Crippen LogP contribution in [0.5, 0.6) is 5.75 Å². The summed E-state index contributed by atoms with van der Waals surface area (Å²) < 4.78 is 5.07. The Balaban J connectivity index is 2.54. The van der Waals surface area contributed by atoms with Crippen LogP contribution in [0.3, 0.4) is 0 Å². The van der Waals surface area contributed by atoms with E-state index in [9.17, 15) is 9.59 Å². The first-order valence-electron chi connectivity index (χ1n) is 4.53. The molecule has 5 nitrogen and oxygen atoms in total. The number of carboxylic acids is 2. The third-order valence-electron chi connectivity index (χ3n) is 2.35. The summed E-state index contributed by atoms with van der Waals surface area (Å²) in [7, 11) is 0. The summed E-state index contributed by atoms with van der Waals surface area (Å²) in [6.07, 6.45) is 0.976. The number of aliphatic carboxylic acids is 2. The van der Waals surface area contributed by atoms with Crippen molar-refractivity contribution in [3.63, 3.8) is 0 Å². The molecule has 2 N–H and O–H groups in total. The highest BCUT2D eigenvalue weighted by atomic mass is 16.5. The number of hydrogen-bond acceptors (Lipinski definition) is 3. The van der Waals surface area contributed by atoms with Crippen molar-refractivity contribution < 1.29 is 24.5 Å². The van der Waals surface area contributed by atoms with Crippen molar-refractivity contribution in [3.8, 4) is 5.75 Å². The van der Waals surface area contributed by atoms with Crippen molar-refractivity contribution in [1.29, 1.82) is 0 Å². The van der Waals surface area contributed by atoms with Crippen LogP contribution in [0.25, 0.3) is 0 Å². The van der Waals surface area contributed by atoms with Gasteiger partial charge in [0.2, 0.25) is 0 Å². The lowest BCUT2D eigenvalue weighted by molar-refractivity contribution is -0.141. The van der Waals surface area contributed by atoms with Gasteiger partial charge in [0.25, 0.3) is 0 Å². The summed E-state index contributed by atoms with van der Waals surface area (Å²) in [4.78, 5) is 21.9. The van der Waals surface area contributed by atoms with E-state index >= 15 is 0 Å². The number of carbonyl (C=O) groups is 2. The molecule has 0 saturated heterocycles. The Labute approximate surface area is 90.6 Å². The van der Waals surface area contributed by atoms with Crippen LogP contribution in [0.15, 0.2) is 36.1 Å². The molecule has 1 unspecified atom stereocenters. The third kappa shape index (κ3) is 1.52. The molecule has 0 spiro atoms. The summed E-state index contributed by atoms with van der Waals surface area (Å²) in [5, 5.41) is 17.9. The van der Waals surface area contributed by atoms with Crippen LogP contribution in [0.4, 0.5) is 0 Å². The zero-order chi connectivity index (χ0) is 11.7. The second kappa shape index (κ2) is 3.69. The van der Waals surface area contributed by atoms with Crippen molar-refractivity contribution in [2.24, 2.45) is 0 Å². The van der Waals surface area contributed by atoms with E-state index in [-0.39, 0.29) is 5.57 Å². The SMILES string of the molecule is O=C(O)C1=COc2ccccc2C1C(=O)O. The standard InChI is InChI=1S/C11H8O5/c12-10(13)7-5-16-8-4-2-1-3-6(8)9(7)11(14)15/h1-5,9H,(H,12,13)(H,14,15). The summed E-state index contributed by atoms with van der Waals surface area (Å²) in [6, 6.07) is 6.48. The topological polar surface area (TPSA) is 83.8 Å². The molecule has 1 aliphatic heterocycles. The molecule has 1 aliphatic rings. The molecule has 82 valence electrons. The Morgan fingerprint density at radius 3 is 2.50 bits per heavy atom. The van der Waals surface area contributed by atoms with E-state index < -0.39 is 17.9 Å². The van der Waals surface area contributed by atoms with Gasteiger partial charge in [-0.1, -0.05) is 18.2 Å². The molecular weight excluding hydrogens is 212 g/mol. The van der Waals surface area contributed by atoms with E-state index in [4.69, 9.17) is 14.9 Å². The number of para-hydroxylation sites is 1. The van der Waals surface area contributed by atoms with Crippen LogP contribution in [-0.4, -0.2) is 22.2 Å². The molecule has 0 bridgehead atoms. The second-order valence-corrected chi connectivity index (χ2v) is 3.31. The van der Waals surface area contributed by atoms with E-state index in [1.807, 2.05) is 0 Å². The van der Waals surface area contributed by atoms with Crippen LogP contribution >= 0.6 is 0 Å². The first-order valence-corrected chi connectivity index (χ1v) is 4.53. The van der Waals surface area contributed by atoms with Gasteiger partial charge in [-0.05, 0) is 6.07 Å². The Kier molecular flexibility index (Phi) is 2.36. The van der Waals surface area contributed by atoms with E-state index in [1.165, 1.54) is 0 Å². The molecular formula is C11H8O5. The maximum atomic E-state index is 11.1. The van der Waals surface area contributed by atoms with Gasteiger partial charge in [-0.15, -0.1) is 0 Å². The van der Waals surface area contributed by atoms with Crippen molar-refractivity contribution in [3.05, 3.63) is 41.7 Å². The van der Waals surface area contributed by atoms with Gasteiger partial charge in [0.15, 0.2) is 0 Å². The van der Waals surface area contributed by atoms with Gasteiger partial charge in [0.1, 0.15) is 17.9 Å². The van der Waals surface area contributed by atoms with Crippen molar-refractivity contribution in [2.75, 3.05) is 0 Å². The fraction of sp³-hybridized carbons (Fsp3) is 0.0909. The minimum Gasteiger partial charge on any atom is -0.481 e. The fourth-order valence-electron chi connectivity index (χ4n) is 1.63. The zero-order valence-corrected chi connectivity index (χ0v) is 8.08. The zero-order valence-electron chi connectivity index (χ0n) is 8.08. The predicted molar refractivity (Wildman–Crippen MR) is 53.2 cm³/mol. The smallest absolute Gasteiger partial charge is 0.335 e. The maximum Gasteiger partial charge on any atom is 0.335 e. The number of ether oxygens (including phenoxy) is 1. The van der Waals surface area contributed by atoms with Gasteiger partial charge in [-0.3, -0.25) is 4.79 Å². The first-order chi connectivity index (χ1) is 7.61. The number of fused-ring (bicyclic) bond motifs is 1. The molecule has 1 aromatic rings. The maximum absolute atomic E-state index is 11.1. The minimum atomic E-state index is -1.29. The Bertz CT molecular complexity index is 489. The fourth-order valence-corrected chi connectivity index (χ4v) is 1.63. The summed E-state index contributed by atoms with van der Waals surface area (Å²) in [5.74, 6) is -3.30. The molecule has 0 aliphatic carbocycles. The quantitative estimate of drug-likeness (QED) is 0.782. The molecule has 1 aromatic carbocycles. The lowest BCUT2D eigenvalue weighted by Gasteiger charge is -2.21. The lowest BCUT2D eigenvalue weighted by Crippen LogP contribution is -2.23. The largest absolute Gasteiger partial charge is 0.481 e. The Morgan fingerprint density at radius 1 is 1.19 bits per heavy atom. The molecule has 0 aromatic heterocycles. The summed E-state index contributed by atoms with van der Waals surface area (Å²) >= 11 is 0. The number of rotatable bonds is 2. The normalized spacial score (nSPS) is 18.0. The van der Waals surface area contributed by atoms with Crippen molar-refractivity contribution in [1.82, 2.24) is 0 Å². The number of carboxylic acid groups (broad SMARTS) is 2. The van der Waals surface area contributed by atoms with Crippen LogP contribution in [0.2, 0.25) is 0 Å². The minimum absolute atomic E-state index is 0.272. The van der Waals surface area contributed by atoms with Gasteiger partial charge in [-0.25, -0.2) is 4.79 Å².